The molecule has 0 saturated carbocycles. The van der Waals surface area contributed by atoms with Crippen molar-refractivity contribution >= 4 is 11.8 Å². The number of hydrogen-bond acceptors (Lipinski definition) is 4. The second kappa shape index (κ2) is 5.69. The van der Waals surface area contributed by atoms with E-state index in [1.807, 2.05) is 4.90 Å². The second-order valence-electron chi connectivity index (χ2n) is 6.32. The summed E-state index contributed by atoms with van der Waals surface area (Å²) in [6, 6.07) is 0.608. The minimum Gasteiger partial charge on any atom is -0.353 e. The van der Waals surface area contributed by atoms with Crippen molar-refractivity contribution in [2.45, 2.75) is 44.3 Å². The zero-order valence-corrected chi connectivity index (χ0v) is 12.0. The van der Waals surface area contributed by atoms with Crippen molar-refractivity contribution in [3.8, 4) is 0 Å². The Bertz CT molecular complexity index is 393. The van der Waals surface area contributed by atoms with Crippen LogP contribution in [-0.2, 0) is 9.59 Å². The maximum Gasteiger partial charge on any atom is 0.241 e. The number of likely N-dealkylation sites (tertiary alicyclic amines) is 1. The van der Waals surface area contributed by atoms with Crippen LogP contribution in [0.2, 0.25) is 0 Å². The molecule has 0 aliphatic carbocycles. The third-order valence-corrected chi connectivity index (χ3v) is 4.77. The van der Waals surface area contributed by atoms with Gasteiger partial charge in [0.2, 0.25) is 11.8 Å². The minimum absolute atomic E-state index is 0.0964. The van der Waals surface area contributed by atoms with Gasteiger partial charge >= 0.3 is 0 Å². The number of fused-ring (bicyclic) bond motifs is 1. The summed E-state index contributed by atoms with van der Waals surface area (Å²) in [5.41, 5.74) is 0. The number of nitrogens with zero attached hydrogens (tertiary/aromatic N) is 1. The summed E-state index contributed by atoms with van der Waals surface area (Å²) in [6.07, 6.45) is 2.40. The summed E-state index contributed by atoms with van der Waals surface area (Å²) in [5, 5.41) is 9.73. The molecule has 3 saturated heterocycles. The standard InChI is InChI=1S/C14H24N4O2/c1-9-6-16-12(7-15-9)14(20)18-5-4-11-10(8-18)2-3-13(19)17-11/h9-12,15-16H,2-8H2,1H3,(H,17,19). The van der Waals surface area contributed by atoms with Crippen LogP contribution in [0.3, 0.4) is 0 Å². The van der Waals surface area contributed by atoms with Crippen molar-refractivity contribution in [2.24, 2.45) is 5.92 Å². The number of hydrogen-bond donors (Lipinski definition) is 3. The van der Waals surface area contributed by atoms with Crippen molar-refractivity contribution in [1.29, 1.82) is 0 Å². The van der Waals surface area contributed by atoms with E-state index in [1.165, 1.54) is 0 Å². The number of piperidine rings is 2. The summed E-state index contributed by atoms with van der Waals surface area (Å²) in [4.78, 5) is 25.9. The third kappa shape index (κ3) is 2.81. The molecule has 112 valence electrons. The van der Waals surface area contributed by atoms with Gasteiger partial charge in [0, 0.05) is 44.7 Å². The molecule has 6 heteroatoms. The zero-order valence-electron chi connectivity index (χ0n) is 12.0. The van der Waals surface area contributed by atoms with E-state index >= 15 is 0 Å². The molecule has 3 rings (SSSR count). The Balaban J connectivity index is 1.56. The summed E-state index contributed by atoms with van der Waals surface area (Å²) in [6.45, 7) is 5.21. The lowest BCUT2D eigenvalue weighted by molar-refractivity contribution is -0.137. The van der Waals surface area contributed by atoms with E-state index in [1.54, 1.807) is 0 Å². The van der Waals surface area contributed by atoms with E-state index in [2.05, 4.69) is 22.9 Å². The van der Waals surface area contributed by atoms with Crippen LogP contribution in [0.25, 0.3) is 0 Å². The molecule has 6 nitrogen and oxygen atoms in total. The lowest BCUT2D eigenvalue weighted by Crippen LogP contribution is -2.62. The summed E-state index contributed by atoms with van der Waals surface area (Å²) >= 11 is 0. The summed E-state index contributed by atoms with van der Waals surface area (Å²) in [7, 11) is 0. The Labute approximate surface area is 119 Å². The van der Waals surface area contributed by atoms with E-state index in [0.29, 0.717) is 24.9 Å². The number of nitrogens with one attached hydrogen (secondary N) is 3. The molecular formula is C14H24N4O2. The van der Waals surface area contributed by atoms with Gasteiger partial charge in [0.25, 0.3) is 0 Å². The molecule has 0 bridgehead atoms. The van der Waals surface area contributed by atoms with Gasteiger partial charge in [-0.25, -0.2) is 0 Å². The van der Waals surface area contributed by atoms with Crippen LogP contribution in [-0.4, -0.2) is 61.0 Å². The minimum atomic E-state index is -0.0964. The van der Waals surface area contributed by atoms with Crippen molar-refractivity contribution in [2.75, 3.05) is 26.2 Å². The molecule has 20 heavy (non-hydrogen) atoms. The number of rotatable bonds is 1. The monoisotopic (exact) mass is 280 g/mol. The Morgan fingerprint density at radius 2 is 2.10 bits per heavy atom. The Hall–Kier alpha value is -1.14. The first-order chi connectivity index (χ1) is 9.63. The topological polar surface area (TPSA) is 73.5 Å². The molecule has 2 amide bonds. The molecule has 3 N–H and O–H groups in total. The van der Waals surface area contributed by atoms with Gasteiger partial charge in [0.15, 0.2) is 0 Å². The molecule has 3 aliphatic rings. The predicted octanol–water partition coefficient (Wildman–Crippen LogP) is -0.937. The highest BCUT2D eigenvalue weighted by molar-refractivity contribution is 5.82. The average Bonchev–Trinajstić information content (AvgIpc) is 2.47. The third-order valence-electron chi connectivity index (χ3n) is 4.77. The van der Waals surface area contributed by atoms with E-state index in [-0.39, 0.29) is 23.9 Å². The van der Waals surface area contributed by atoms with Crippen LogP contribution in [0.5, 0.6) is 0 Å². The molecule has 0 spiro atoms. The van der Waals surface area contributed by atoms with Gasteiger partial charge in [0.1, 0.15) is 0 Å². The normalized spacial score (nSPS) is 38.0. The van der Waals surface area contributed by atoms with Crippen LogP contribution in [0.4, 0.5) is 0 Å². The van der Waals surface area contributed by atoms with Crippen molar-refractivity contribution in [3.05, 3.63) is 0 Å². The van der Waals surface area contributed by atoms with Gasteiger partial charge in [-0.2, -0.15) is 0 Å². The van der Waals surface area contributed by atoms with E-state index < -0.39 is 0 Å². The van der Waals surface area contributed by atoms with Crippen molar-refractivity contribution < 1.29 is 9.59 Å². The molecule has 4 unspecified atom stereocenters. The maximum absolute atomic E-state index is 12.5. The molecule has 0 aromatic rings. The van der Waals surface area contributed by atoms with Crippen LogP contribution in [0, 0.1) is 5.92 Å². The zero-order chi connectivity index (χ0) is 14.1. The van der Waals surface area contributed by atoms with Crippen LogP contribution in [0.1, 0.15) is 26.2 Å². The lowest BCUT2D eigenvalue weighted by atomic mass is 9.85. The van der Waals surface area contributed by atoms with Gasteiger partial charge in [-0.05, 0) is 25.7 Å². The highest BCUT2D eigenvalue weighted by Crippen LogP contribution is 2.25. The summed E-state index contributed by atoms with van der Waals surface area (Å²) < 4.78 is 0. The second-order valence-corrected chi connectivity index (χ2v) is 6.32. The fourth-order valence-electron chi connectivity index (χ4n) is 3.49. The Morgan fingerprint density at radius 3 is 2.85 bits per heavy atom. The van der Waals surface area contributed by atoms with E-state index in [9.17, 15) is 9.59 Å². The SMILES string of the molecule is CC1CNC(C(=O)N2CCC3NC(=O)CCC3C2)CN1. The number of carbonyl (C=O) groups excluding carboxylic acids is 2. The predicted molar refractivity (Wildman–Crippen MR) is 75.1 cm³/mol. The first kappa shape index (κ1) is 13.8. The molecular weight excluding hydrogens is 256 g/mol. The Morgan fingerprint density at radius 1 is 1.25 bits per heavy atom. The van der Waals surface area contributed by atoms with E-state index in [0.717, 1.165) is 32.5 Å². The van der Waals surface area contributed by atoms with Crippen LogP contribution >= 0.6 is 0 Å². The van der Waals surface area contributed by atoms with Crippen molar-refractivity contribution in [1.82, 2.24) is 20.9 Å². The Kier molecular flexibility index (Phi) is 3.94. The largest absolute Gasteiger partial charge is 0.353 e. The molecule has 0 aromatic carbocycles. The van der Waals surface area contributed by atoms with Gasteiger partial charge in [-0.1, -0.05) is 0 Å². The molecule has 0 radical (unpaired) electrons. The number of carbonyl (C=O) groups is 2. The van der Waals surface area contributed by atoms with Crippen molar-refractivity contribution in [3.63, 3.8) is 0 Å². The first-order valence-electron chi connectivity index (χ1n) is 7.68. The number of piperazine rings is 1. The van der Waals surface area contributed by atoms with Gasteiger partial charge in [-0.15, -0.1) is 0 Å². The summed E-state index contributed by atoms with van der Waals surface area (Å²) in [5.74, 6) is 0.804. The fraction of sp³-hybridized carbons (Fsp3) is 0.857. The van der Waals surface area contributed by atoms with Crippen LogP contribution < -0.4 is 16.0 Å². The van der Waals surface area contributed by atoms with Crippen LogP contribution in [0.15, 0.2) is 0 Å². The average molecular weight is 280 g/mol. The molecule has 3 heterocycles. The molecule has 3 fully saturated rings. The first-order valence-corrected chi connectivity index (χ1v) is 7.68. The number of amides is 2. The van der Waals surface area contributed by atoms with Gasteiger partial charge < -0.3 is 20.9 Å². The smallest absolute Gasteiger partial charge is 0.241 e. The maximum atomic E-state index is 12.5. The molecule has 3 aliphatic heterocycles. The molecule has 0 aromatic heterocycles. The quantitative estimate of drug-likeness (QED) is 0.580. The molecule has 4 atom stereocenters. The fourth-order valence-corrected chi connectivity index (χ4v) is 3.49. The highest BCUT2D eigenvalue weighted by atomic mass is 16.2. The van der Waals surface area contributed by atoms with Gasteiger partial charge in [-0.3, -0.25) is 9.59 Å². The lowest BCUT2D eigenvalue weighted by Gasteiger charge is -2.43. The van der Waals surface area contributed by atoms with E-state index in [4.69, 9.17) is 0 Å². The van der Waals surface area contributed by atoms with Gasteiger partial charge in [0.05, 0.1) is 6.04 Å². The highest BCUT2D eigenvalue weighted by Gasteiger charge is 2.37.